The lowest BCUT2D eigenvalue weighted by Crippen LogP contribution is -2.55. The molecule has 2 aromatic carbocycles. The van der Waals surface area contributed by atoms with E-state index in [-0.39, 0.29) is 32.5 Å². The van der Waals surface area contributed by atoms with E-state index in [4.69, 9.17) is 32.7 Å². The lowest BCUT2D eigenvalue weighted by molar-refractivity contribution is -0.149. The number of amides is 2. The summed E-state index contributed by atoms with van der Waals surface area (Å²) in [7, 11) is 0. The summed E-state index contributed by atoms with van der Waals surface area (Å²) in [5.74, 6) is -2.16. The summed E-state index contributed by atoms with van der Waals surface area (Å²) in [5, 5.41) is 6.56. The van der Waals surface area contributed by atoms with Gasteiger partial charge in [-0.1, -0.05) is 47.5 Å². The van der Waals surface area contributed by atoms with Crippen LogP contribution >= 0.6 is 23.2 Å². The molecule has 0 aromatic heterocycles. The smallest absolute Gasteiger partial charge is 0.328 e. The topological polar surface area (TPSA) is 111 Å². The fourth-order valence-corrected chi connectivity index (χ4v) is 3.91. The van der Waals surface area contributed by atoms with Crippen LogP contribution in [-0.2, 0) is 40.5 Å². The van der Waals surface area contributed by atoms with Crippen LogP contribution in [0.25, 0.3) is 0 Å². The van der Waals surface area contributed by atoms with Gasteiger partial charge in [0, 0.05) is 22.9 Å². The highest BCUT2D eigenvalue weighted by Gasteiger charge is 2.34. The second-order valence-corrected chi connectivity index (χ2v) is 10.0. The molecule has 2 rings (SSSR count). The largest absolute Gasteiger partial charge is 0.466 e. The molecular weight excluding hydrogens is 531 g/mol. The standard InChI is InChI=1S/C28H34Cl2N2O6/c1-5-37-24(33)16-15-22(26(35)38-6-2)31-25(34)23(17-18-7-11-20(29)12-8-18)32-27(36)28(3,4)19-9-13-21(30)14-10-19/h7-14,22-23H,5-6,15-17H2,1-4H3,(H,31,34)(H,32,36)/t22-,23+/m1/s1. The van der Waals surface area contributed by atoms with Crippen LogP contribution in [0.4, 0.5) is 0 Å². The van der Waals surface area contributed by atoms with Crippen molar-refractivity contribution in [2.45, 2.75) is 64.5 Å². The van der Waals surface area contributed by atoms with E-state index < -0.39 is 41.3 Å². The summed E-state index contributed by atoms with van der Waals surface area (Å²) >= 11 is 12.0. The number of carbonyl (C=O) groups is 4. The Balaban J connectivity index is 2.28. The number of carbonyl (C=O) groups excluding carboxylic acids is 4. The Kier molecular flexibility index (Phi) is 12.1. The zero-order chi connectivity index (χ0) is 28.3. The van der Waals surface area contributed by atoms with Crippen LogP contribution in [0.3, 0.4) is 0 Å². The minimum atomic E-state index is -1.10. The van der Waals surface area contributed by atoms with Crippen molar-refractivity contribution in [1.29, 1.82) is 0 Å². The first-order valence-electron chi connectivity index (χ1n) is 12.4. The summed E-state index contributed by atoms with van der Waals surface area (Å²) in [6.45, 7) is 7.11. The summed E-state index contributed by atoms with van der Waals surface area (Å²) < 4.78 is 10.0. The zero-order valence-electron chi connectivity index (χ0n) is 22.0. The van der Waals surface area contributed by atoms with Crippen molar-refractivity contribution in [3.05, 3.63) is 69.7 Å². The Morgan fingerprint density at radius 1 is 0.816 bits per heavy atom. The molecule has 2 N–H and O–H groups in total. The molecule has 0 aliphatic carbocycles. The van der Waals surface area contributed by atoms with Crippen molar-refractivity contribution in [3.63, 3.8) is 0 Å². The third-order valence-corrected chi connectivity index (χ3v) is 6.44. The lowest BCUT2D eigenvalue weighted by atomic mass is 9.83. The van der Waals surface area contributed by atoms with E-state index in [1.807, 2.05) is 0 Å². The Morgan fingerprint density at radius 2 is 1.37 bits per heavy atom. The second kappa shape index (κ2) is 14.7. The van der Waals surface area contributed by atoms with E-state index in [1.54, 1.807) is 76.2 Å². The van der Waals surface area contributed by atoms with Crippen molar-refractivity contribution >= 4 is 47.0 Å². The lowest BCUT2D eigenvalue weighted by Gasteiger charge is -2.28. The second-order valence-electron chi connectivity index (χ2n) is 9.15. The fraction of sp³-hybridized carbons (Fsp3) is 0.429. The number of benzene rings is 2. The Morgan fingerprint density at radius 3 is 1.92 bits per heavy atom. The van der Waals surface area contributed by atoms with Gasteiger partial charge >= 0.3 is 11.9 Å². The Labute approximate surface area is 233 Å². The van der Waals surface area contributed by atoms with Crippen LogP contribution in [0.15, 0.2) is 48.5 Å². The first-order valence-corrected chi connectivity index (χ1v) is 13.2. The minimum absolute atomic E-state index is 0.0126. The number of halogens is 2. The Hall–Kier alpha value is -3.10. The van der Waals surface area contributed by atoms with E-state index >= 15 is 0 Å². The van der Waals surface area contributed by atoms with Gasteiger partial charge in [-0.15, -0.1) is 0 Å². The molecule has 0 fully saturated rings. The molecule has 38 heavy (non-hydrogen) atoms. The number of hydrogen-bond acceptors (Lipinski definition) is 6. The maximum absolute atomic E-state index is 13.5. The highest BCUT2D eigenvalue weighted by atomic mass is 35.5. The van der Waals surface area contributed by atoms with E-state index in [0.29, 0.717) is 15.6 Å². The molecule has 0 aliphatic rings. The SMILES string of the molecule is CCOC(=O)CC[C@@H](NC(=O)[C@H](Cc1ccc(Cl)cc1)NC(=O)C(C)(C)c1ccc(Cl)cc1)C(=O)OCC. The molecule has 206 valence electrons. The highest BCUT2D eigenvalue weighted by Crippen LogP contribution is 2.25. The maximum atomic E-state index is 13.5. The predicted molar refractivity (Wildman–Crippen MR) is 146 cm³/mol. The molecule has 0 saturated heterocycles. The van der Waals surface area contributed by atoms with Crippen LogP contribution < -0.4 is 10.6 Å². The third-order valence-electron chi connectivity index (χ3n) is 5.94. The van der Waals surface area contributed by atoms with Crippen LogP contribution in [0, 0.1) is 0 Å². The average molecular weight is 565 g/mol. The molecule has 0 unspecified atom stereocenters. The van der Waals surface area contributed by atoms with Gasteiger partial charge in [0.2, 0.25) is 11.8 Å². The first-order chi connectivity index (χ1) is 18.0. The molecule has 2 aromatic rings. The number of ether oxygens (including phenoxy) is 2. The van der Waals surface area contributed by atoms with Crippen molar-refractivity contribution in [2.24, 2.45) is 0 Å². The fourth-order valence-electron chi connectivity index (χ4n) is 3.66. The van der Waals surface area contributed by atoms with Gasteiger partial charge in [-0.2, -0.15) is 0 Å². The van der Waals surface area contributed by atoms with Gasteiger partial charge in [0.15, 0.2) is 0 Å². The quantitative estimate of drug-likeness (QED) is 0.349. The predicted octanol–water partition coefficient (Wildman–Crippen LogP) is 4.39. The van der Waals surface area contributed by atoms with Crippen molar-refractivity contribution in [3.8, 4) is 0 Å². The first kappa shape index (κ1) is 31.1. The molecule has 0 heterocycles. The molecule has 0 spiro atoms. The minimum Gasteiger partial charge on any atom is -0.466 e. The van der Waals surface area contributed by atoms with Crippen LogP contribution in [0.5, 0.6) is 0 Å². The monoisotopic (exact) mass is 564 g/mol. The van der Waals surface area contributed by atoms with Gasteiger partial charge < -0.3 is 20.1 Å². The van der Waals surface area contributed by atoms with E-state index in [0.717, 1.165) is 5.56 Å². The van der Waals surface area contributed by atoms with Crippen LogP contribution in [0.1, 0.15) is 51.7 Å². The van der Waals surface area contributed by atoms with E-state index in [1.165, 1.54) is 0 Å². The van der Waals surface area contributed by atoms with Gasteiger partial charge in [0.25, 0.3) is 0 Å². The summed E-state index contributed by atoms with van der Waals surface area (Å²) in [4.78, 5) is 51.3. The molecule has 0 saturated carbocycles. The summed E-state index contributed by atoms with van der Waals surface area (Å²) in [6.07, 6.45) is 0.0373. The maximum Gasteiger partial charge on any atom is 0.328 e. The molecule has 2 atom stereocenters. The number of hydrogen-bond donors (Lipinski definition) is 2. The normalized spacial score (nSPS) is 12.7. The van der Waals surface area contributed by atoms with E-state index in [9.17, 15) is 19.2 Å². The van der Waals surface area contributed by atoms with Crippen LogP contribution in [-0.4, -0.2) is 49.1 Å². The Bertz CT molecular complexity index is 1100. The summed E-state index contributed by atoms with van der Waals surface area (Å²) in [6, 6.07) is 11.6. The van der Waals surface area contributed by atoms with Gasteiger partial charge in [-0.25, -0.2) is 4.79 Å². The molecule has 10 heteroatoms. The van der Waals surface area contributed by atoms with Gasteiger partial charge in [0.05, 0.1) is 18.6 Å². The van der Waals surface area contributed by atoms with E-state index in [2.05, 4.69) is 10.6 Å². The third kappa shape index (κ3) is 9.33. The van der Waals surface area contributed by atoms with Crippen molar-refractivity contribution in [2.75, 3.05) is 13.2 Å². The number of esters is 2. The van der Waals surface area contributed by atoms with Crippen LogP contribution in [0.2, 0.25) is 10.0 Å². The van der Waals surface area contributed by atoms with Gasteiger partial charge in [-0.05, 0) is 69.5 Å². The van der Waals surface area contributed by atoms with Crippen molar-refractivity contribution < 1.29 is 28.7 Å². The molecule has 2 amide bonds. The number of nitrogens with one attached hydrogen (secondary N) is 2. The van der Waals surface area contributed by atoms with Crippen molar-refractivity contribution in [1.82, 2.24) is 10.6 Å². The molecule has 8 nitrogen and oxygen atoms in total. The zero-order valence-corrected chi connectivity index (χ0v) is 23.5. The molecule has 0 bridgehead atoms. The highest BCUT2D eigenvalue weighted by molar-refractivity contribution is 6.30. The summed E-state index contributed by atoms with van der Waals surface area (Å²) in [5.41, 5.74) is 0.468. The number of rotatable bonds is 13. The van der Waals surface area contributed by atoms with Gasteiger partial charge in [-0.3, -0.25) is 14.4 Å². The average Bonchev–Trinajstić information content (AvgIpc) is 2.87. The van der Waals surface area contributed by atoms with Gasteiger partial charge in [0.1, 0.15) is 12.1 Å². The molecule has 0 aliphatic heterocycles. The molecule has 0 radical (unpaired) electrons. The molecular formula is C28H34Cl2N2O6.